The number of nitrogens with zero attached hydrogens (tertiary/aromatic N) is 3. The van der Waals surface area contributed by atoms with Gasteiger partial charge < -0.3 is 16.4 Å². The minimum absolute atomic E-state index is 0.0587. The smallest absolute Gasteiger partial charge is 0.316 e. The van der Waals surface area contributed by atoms with Crippen LogP contribution in [-0.4, -0.2) is 35.4 Å². The Bertz CT molecular complexity index is 485. The van der Waals surface area contributed by atoms with E-state index in [4.69, 9.17) is 11.5 Å². The summed E-state index contributed by atoms with van der Waals surface area (Å²) in [7, 11) is 3.80. The van der Waals surface area contributed by atoms with Gasteiger partial charge in [0.25, 0.3) is 0 Å². The molecule has 1 rings (SSSR count). The average Bonchev–Trinajstić information content (AvgIpc) is 2.28. The summed E-state index contributed by atoms with van der Waals surface area (Å²) < 4.78 is 0. The van der Waals surface area contributed by atoms with E-state index < -0.39 is 4.92 Å². The average molecular weight is 267 g/mol. The van der Waals surface area contributed by atoms with Crippen LogP contribution in [0.3, 0.4) is 0 Å². The highest BCUT2D eigenvalue weighted by atomic mass is 16.6. The summed E-state index contributed by atoms with van der Waals surface area (Å²) in [6.07, 6.45) is 0.474. The van der Waals surface area contributed by atoms with Crippen molar-refractivity contribution in [3.05, 3.63) is 21.4 Å². The highest BCUT2D eigenvalue weighted by Gasteiger charge is 2.25. The molecule has 0 fully saturated rings. The number of anilines is 2. The molecule has 7 nitrogen and oxygen atoms in total. The molecule has 7 heteroatoms. The lowest BCUT2D eigenvalue weighted by Crippen LogP contribution is -2.18. The zero-order valence-corrected chi connectivity index (χ0v) is 11.8. The van der Waals surface area contributed by atoms with Crippen molar-refractivity contribution in [1.29, 1.82) is 0 Å². The van der Waals surface area contributed by atoms with Gasteiger partial charge in [0.05, 0.1) is 21.9 Å². The Morgan fingerprint density at radius 2 is 1.95 bits per heavy atom. The van der Waals surface area contributed by atoms with E-state index >= 15 is 0 Å². The molecule has 0 aliphatic rings. The van der Waals surface area contributed by atoms with E-state index in [1.54, 1.807) is 0 Å². The van der Waals surface area contributed by atoms with Gasteiger partial charge in [0.2, 0.25) is 5.82 Å². The molecule has 0 amide bonds. The zero-order chi connectivity index (χ0) is 14.7. The third-order valence-corrected chi connectivity index (χ3v) is 2.91. The van der Waals surface area contributed by atoms with Crippen molar-refractivity contribution in [2.24, 2.45) is 0 Å². The predicted molar refractivity (Wildman–Crippen MR) is 76.1 cm³/mol. The van der Waals surface area contributed by atoms with Crippen molar-refractivity contribution < 1.29 is 4.92 Å². The van der Waals surface area contributed by atoms with Gasteiger partial charge in [-0.15, -0.1) is 0 Å². The standard InChI is InChI=1S/C12H21N5O2/c1-7(2)10-9(13)8(5-6-16(3)4)11(17(18)19)12(14)15-10/h7H,5-6,13H2,1-4H3,(H2,14,15). The molecule has 0 saturated heterocycles. The molecule has 0 aliphatic heterocycles. The van der Waals surface area contributed by atoms with Crippen LogP contribution >= 0.6 is 0 Å². The molecule has 0 atom stereocenters. The quantitative estimate of drug-likeness (QED) is 0.615. The Morgan fingerprint density at radius 3 is 2.37 bits per heavy atom. The van der Waals surface area contributed by atoms with Crippen LogP contribution in [0.25, 0.3) is 0 Å². The molecule has 1 aromatic rings. The fourth-order valence-corrected chi connectivity index (χ4v) is 1.91. The van der Waals surface area contributed by atoms with Crippen LogP contribution in [-0.2, 0) is 6.42 Å². The second kappa shape index (κ2) is 5.83. The Labute approximate surface area is 112 Å². The Hall–Kier alpha value is -1.89. The van der Waals surface area contributed by atoms with E-state index in [2.05, 4.69) is 4.98 Å². The number of likely N-dealkylation sites (N-methyl/N-ethyl adjacent to an activating group) is 1. The second-order valence-corrected chi connectivity index (χ2v) is 5.09. The van der Waals surface area contributed by atoms with Gasteiger partial charge in [-0.05, 0) is 26.4 Å². The molecular weight excluding hydrogens is 246 g/mol. The van der Waals surface area contributed by atoms with Crippen LogP contribution in [0, 0.1) is 10.1 Å². The number of aromatic nitrogens is 1. The predicted octanol–water partition coefficient (Wildman–Crippen LogP) is 1.38. The van der Waals surface area contributed by atoms with Crippen molar-refractivity contribution >= 4 is 17.2 Å². The number of hydrogen-bond acceptors (Lipinski definition) is 6. The molecule has 0 aliphatic carbocycles. The summed E-state index contributed by atoms with van der Waals surface area (Å²) in [5.41, 5.74) is 13.1. The van der Waals surface area contributed by atoms with Crippen molar-refractivity contribution in [2.75, 3.05) is 32.1 Å². The first kappa shape index (κ1) is 15.2. The molecule has 1 heterocycles. The topological polar surface area (TPSA) is 111 Å². The van der Waals surface area contributed by atoms with Gasteiger partial charge in [0, 0.05) is 6.54 Å². The first-order valence-corrected chi connectivity index (χ1v) is 6.12. The molecule has 19 heavy (non-hydrogen) atoms. The van der Waals surface area contributed by atoms with Gasteiger partial charge in [0.15, 0.2) is 0 Å². The maximum absolute atomic E-state index is 11.1. The van der Waals surface area contributed by atoms with Crippen LogP contribution in [0.15, 0.2) is 0 Å². The number of nitro groups is 1. The van der Waals surface area contributed by atoms with Gasteiger partial charge in [-0.25, -0.2) is 4.98 Å². The number of nitrogens with two attached hydrogens (primary N) is 2. The molecule has 0 radical (unpaired) electrons. The van der Waals surface area contributed by atoms with Crippen molar-refractivity contribution in [2.45, 2.75) is 26.2 Å². The Balaban J connectivity index is 3.39. The van der Waals surface area contributed by atoms with Crippen molar-refractivity contribution in [1.82, 2.24) is 9.88 Å². The molecule has 1 aromatic heterocycles. The van der Waals surface area contributed by atoms with Crippen LogP contribution < -0.4 is 11.5 Å². The summed E-state index contributed by atoms with van der Waals surface area (Å²) in [6.45, 7) is 4.52. The van der Waals surface area contributed by atoms with Crippen molar-refractivity contribution in [3.8, 4) is 0 Å². The second-order valence-electron chi connectivity index (χ2n) is 5.09. The number of rotatable bonds is 5. The van der Waals surface area contributed by atoms with E-state index in [0.717, 1.165) is 0 Å². The molecule has 0 bridgehead atoms. The van der Waals surface area contributed by atoms with Crippen LogP contribution in [0.4, 0.5) is 17.2 Å². The largest absolute Gasteiger partial charge is 0.397 e. The lowest BCUT2D eigenvalue weighted by atomic mass is 10.0. The van der Waals surface area contributed by atoms with E-state index in [0.29, 0.717) is 29.9 Å². The van der Waals surface area contributed by atoms with Gasteiger partial charge in [-0.2, -0.15) is 0 Å². The third-order valence-electron chi connectivity index (χ3n) is 2.91. The maximum Gasteiger partial charge on any atom is 0.316 e. The van der Waals surface area contributed by atoms with Gasteiger partial charge in [0.1, 0.15) is 0 Å². The summed E-state index contributed by atoms with van der Waals surface area (Å²) in [6, 6.07) is 0. The monoisotopic (exact) mass is 267 g/mol. The zero-order valence-electron chi connectivity index (χ0n) is 11.8. The summed E-state index contributed by atoms with van der Waals surface area (Å²) in [5.74, 6) is 0.0119. The van der Waals surface area contributed by atoms with Gasteiger partial charge in [-0.1, -0.05) is 13.8 Å². The third kappa shape index (κ3) is 3.31. The molecule has 4 N–H and O–H groups in total. The van der Waals surface area contributed by atoms with Crippen molar-refractivity contribution in [3.63, 3.8) is 0 Å². The number of hydrogen-bond donors (Lipinski definition) is 2. The SMILES string of the molecule is CC(C)c1nc(N)c([N+](=O)[O-])c(CCN(C)C)c1N. The van der Waals surface area contributed by atoms with Crippen LogP contribution in [0.2, 0.25) is 0 Å². The molecular formula is C12H21N5O2. The number of nitrogen functional groups attached to an aromatic ring is 2. The fourth-order valence-electron chi connectivity index (χ4n) is 1.91. The van der Waals surface area contributed by atoms with Gasteiger partial charge in [-0.3, -0.25) is 10.1 Å². The maximum atomic E-state index is 11.1. The fraction of sp³-hybridized carbons (Fsp3) is 0.583. The summed E-state index contributed by atoms with van der Waals surface area (Å²) in [5, 5.41) is 11.1. The first-order valence-electron chi connectivity index (χ1n) is 6.12. The summed E-state index contributed by atoms with van der Waals surface area (Å²) >= 11 is 0. The molecule has 0 unspecified atom stereocenters. The molecule has 0 saturated carbocycles. The minimum Gasteiger partial charge on any atom is -0.397 e. The minimum atomic E-state index is -0.506. The van der Waals surface area contributed by atoms with Crippen LogP contribution in [0.5, 0.6) is 0 Å². The first-order chi connectivity index (χ1) is 8.75. The molecule has 0 aromatic carbocycles. The van der Waals surface area contributed by atoms with E-state index in [1.807, 2.05) is 32.8 Å². The Morgan fingerprint density at radius 1 is 1.37 bits per heavy atom. The van der Waals surface area contributed by atoms with E-state index in [9.17, 15) is 10.1 Å². The molecule has 106 valence electrons. The highest BCUT2D eigenvalue weighted by molar-refractivity contribution is 5.69. The van der Waals surface area contributed by atoms with Crippen LogP contribution in [0.1, 0.15) is 31.0 Å². The van der Waals surface area contributed by atoms with Gasteiger partial charge >= 0.3 is 5.69 Å². The normalized spacial score (nSPS) is 11.3. The highest BCUT2D eigenvalue weighted by Crippen LogP contribution is 2.34. The lowest BCUT2D eigenvalue weighted by molar-refractivity contribution is -0.384. The summed E-state index contributed by atoms with van der Waals surface area (Å²) in [4.78, 5) is 16.6. The van der Waals surface area contributed by atoms with E-state index in [-0.39, 0.29) is 17.4 Å². The Kier molecular flexibility index (Phi) is 4.66. The number of pyridine rings is 1. The lowest BCUT2D eigenvalue weighted by Gasteiger charge is -2.16. The molecule has 0 spiro atoms. The van der Waals surface area contributed by atoms with E-state index in [1.165, 1.54) is 0 Å².